The van der Waals surface area contributed by atoms with Crippen molar-refractivity contribution in [1.82, 2.24) is 25.3 Å². The van der Waals surface area contributed by atoms with Crippen molar-refractivity contribution in [3.63, 3.8) is 0 Å². The molecule has 0 radical (unpaired) electrons. The van der Waals surface area contributed by atoms with Gasteiger partial charge in [-0.15, -0.1) is 0 Å². The van der Waals surface area contributed by atoms with Crippen molar-refractivity contribution in [2.45, 2.75) is 31.7 Å². The van der Waals surface area contributed by atoms with Gasteiger partial charge in [-0.05, 0) is 24.8 Å². The number of carbonyl (C=O) groups is 1. The largest absolute Gasteiger partial charge is 0.375 e. The van der Waals surface area contributed by atoms with E-state index in [1.807, 2.05) is 0 Å². The number of pyridine rings is 1. The number of rotatable bonds is 7. The van der Waals surface area contributed by atoms with Crippen molar-refractivity contribution in [2.75, 3.05) is 25.6 Å². The zero-order valence-corrected chi connectivity index (χ0v) is 17.9. The van der Waals surface area contributed by atoms with Gasteiger partial charge in [-0.2, -0.15) is 0 Å². The molecule has 1 saturated carbocycles. The van der Waals surface area contributed by atoms with Crippen LogP contribution < -0.4 is 10.6 Å². The van der Waals surface area contributed by atoms with E-state index in [1.165, 1.54) is 7.11 Å². The molecule has 3 aromatic heterocycles. The number of carbonyl (C=O) groups excluding carboxylic acids is 1. The number of hydrogen-bond donors (Lipinski definition) is 3. The zero-order chi connectivity index (χ0) is 21.8. The Morgan fingerprint density at radius 1 is 1.32 bits per heavy atom. The van der Waals surface area contributed by atoms with E-state index in [0.717, 1.165) is 37.3 Å². The molecule has 31 heavy (non-hydrogen) atoms. The van der Waals surface area contributed by atoms with E-state index < -0.39 is 5.82 Å². The molecule has 0 aliphatic heterocycles. The minimum atomic E-state index is -0.532. The van der Waals surface area contributed by atoms with E-state index >= 15 is 0 Å². The normalized spacial score (nSPS) is 18.8. The van der Waals surface area contributed by atoms with E-state index in [0.29, 0.717) is 28.6 Å². The smallest absolute Gasteiger partial charge is 0.246 e. The minimum Gasteiger partial charge on any atom is -0.375 e. The van der Waals surface area contributed by atoms with Gasteiger partial charge in [-0.1, -0.05) is 24.4 Å². The maximum atomic E-state index is 14.4. The predicted octanol–water partition coefficient (Wildman–Crippen LogP) is 3.55. The van der Waals surface area contributed by atoms with Crippen LogP contribution in [0.4, 0.5) is 10.2 Å². The molecule has 0 saturated heterocycles. The van der Waals surface area contributed by atoms with Gasteiger partial charge in [0.15, 0.2) is 17.5 Å². The number of nitrogens with one attached hydrogen (secondary N) is 3. The number of amides is 1. The number of halogens is 2. The quantitative estimate of drug-likeness (QED) is 0.512. The van der Waals surface area contributed by atoms with Crippen LogP contribution in [0.1, 0.15) is 25.7 Å². The van der Waals surface area contributed by atoms with Crippen LogP contribution in [0, 0.1) is 11.7 Å². The molecule has 4 rings (SSSR count). The van der Waals surface area contributed by atoms with Crippen molar-refractivity contribution in [2.24, 2.45) is 5.92 Å². The predicted molar refractivity (Wildman–Crippen MR) is 116 cm³/mol. The minimum absolute atomic E-state index is 0.0232. The van der Waals surface area contributed by atoms with Gasteiger partial charge in [0.05, 0.1) is 11.2 Å². The number of fused-ring (bicyclic) bond motifs is 1. The van der Waals surface area contributed by atoms with Crippen molar-refractivity contribution >= 4 is 34.4 Å². The summed E-state index contributed by atoms with van der Waals surface area (Å²) in [6, 6.07) is 1.79. The molecule has 1 fully saturated rings. The Hall–Kier alpha value is -2.78. The highest BCUT2D eigenvalue weighted by Gasteiger charge is 2.27. The van der Waals surface area contributed by atoms with Crippen LogP contribution in [-0.4, -0.2) is 52.1 Å². The van der Waals surface area contributed by atoms with Crippen LogP contribution in [0.15, 0.2) is 24.7 Å². The molecule has 0 aromatic carbocycles. The molecule has 1 aliphatic rings. The molecular weight excluding hydrogens is 423 g/mol. The van der Waals surface area contributed by atoms with Gasteiger partial charge in [-0.25, -0.2) is 19.3 Å². The molecule has 1 unspecified atom stereocenters. The van der Waals surface area contributed by atoms with E-state index in [9.17, 15) is 9.18 Å². The van der Waals surface area contributed by atoms with Crippen molar-refractivity contribution in [3.8, 4) is 11.4 Å². The van der Waals surface area contributed by atoms with E-state index in [-0.39, 0.29) is 30.3 Å². The first-order valence-electron chi connectivity index (χ1n) is 10.2. The van der Waals surface area contributed by atoms with Gasteiger partial charge in [0.2, 0.25) is 5.91 Å². The fourth-order valence-electron chi connectivity index (χ4n) is 4.03. The third-order valence-electron chi connectivity index (χ3n) is 5.55. The summed E-state index contributed by atoms with van der Waals surface area (Å²) >= 11 is 6.07. The van der Waals surface area contributed by atoms with E-state index in [1.54, 1.807) is 18.5 Å². The van der Waals surface area contributed by atoms with Gasteiger partial charge < -0.3 is 20.4 Å². The van der Waals surface area contributed by atoms with Crippen LogP contribution >= 0.6 is 11.6 Å². The topological polar surface area (TPSA) is 105 Å². The summed E-state index contributed by atoms with van der Waals surface area (Å²) in [4.78, 5) is 27.8. The number of aromatic nitrogens is 4. The Labute approximate surface area is 184 Å². The van der Waals surface area contributed by atoms with E-state index in [4.69, 9.17) is 16.3 Å². The lowest BCUT2D eigenvalue weighted by Crippen LogP contribution is -2.45. The lowest BCUT2D eigenvalue weighted by Gasteiger charge is -2.32. The second-order valence-electron chi connectivity index (χ2n) is 7.67. The average Bonchev–Trinajstić information content (AvgIpc) is 3.17. The van der Waals surface area contributed by atoms with Crippen molar-refractivity contribution in [1.29, 1.82) is 0 Å². The van der Waals surface area contributed by atoms with Crippen LogP contribution in [0.25, 0.3) is 22.4 Å². The number of hydrogen-bond acceptors (Lipinski definition) is 6. The molecule has 1 amide bonds. The molecule has 10 heteroatoms. The maximum Gasteiger partial charge on any atom is 0.246 e. The van der Waals surface area contributed by atoms with Gasteiger partial charge in [0.1, 0.15) is 12.3 Å². The molecule has 3 N–H and O–H groups in total. The Balaban J connectivity index is 1.51. The Morgan fingerprint density at radius 3 is 3.00 bits per heavy atom. The number of methoxy groups -OCH3 is 1. The van der Waals surface area contributed by atoms with Crippen LogP contribution in [0.5, 0.6) is 0 Å². The summed E-state index contributed by atoms with van der Waals surface area (Å²) in [5.74, 6) is -0.00445. The molecule has 2 atom stereocenters. The summed E-state index contributed by atoms with van der Waals surface area (Å²) in [5, 5.41) is 7.40. The lowest BCUT2D eigenvalue weighted by molar-refractivity contribution is -0.126. The Bertz CT molecular complexity index is 1080. The number of aromatic amines is 1. The maximum absolute atomic E-state index is 14.4. The second-order valence-corrected chi connectivity index (χ2v) is 8.11. The number of H-pyrrole nitrogens is 1. The molecule has 3 aromatic rings. The molecule has 8 nitrogen and oxygen atoms in total. The fraction of sp³-hybridized carbons (Fsp3) is 0.429. The molecule has 0 bridgehead atoms. The standard InChI is InChI=1S/C21H24ClFN6O2/c1-31-11-18(30)28-17-5-3-2-4-12(17)7-24-21-16(23)10-27-20(29-21)15-9-26-19-14(15)6-13(22)8-25-19/h6,8-10,12,17H,2-5,7,11H2,1H3,(H,25,26)(H,28,30)(H,24,27,29)/t12-,17?/m0/s1. The van der Waals surface area contributed by atoms with Gasteiger partial charge in [0, 0.05) is 43.0 Å². The van der Waals surface area contributed by atoms with Crippen LogP contribution in [0.3, 0.4) is 0 Å². The third kappa shape index (κ3) is 4.94. The molecule has 0 spiro atoms. The summed E-state index contributed by atoms with van der Waals surface area (Å²) in [6.07, 6.45) is 8.39. The fourth-order valence-corrected chi connectivity index (χ4v) is 4.19. The van der Waals surface area contributed by atoms with E-state index in [2.05, 4.69) is 30.6 Å². The summed E-state index contributed by atoms with van der Waals surface area (Å²) in [5.41, 5.74) is 1.34. The molecular formula is C21H24ClFN6O2. The van der Waals surface area contributed by atoms with Crippen molar-refractivity contribution in [3.05, 3.63) is 35.5 Å². The lowest BCUT2D eigenvalue weighted by atomic mass is 9.84. The summed E-state index contributed by atoms with van der Waals surface area (Å²) in [7, 11) is 1.49. The average molecular weight is 447 g/mol. The summed E-state index contributed by atoms with van der Waals surface area (Å²) in [6.45, 7) is 0.524. The Kier molecular flexibility index (Phi) is 6.62. The van der Waals surface area contributed by atoms with Crippen LogP contribution in [-0.2, 0) is 9.53 Å². The highest BCUT2D eigenvalue weighted by molar-refractivity contribution is 6.31. The second kappa shape index (κ2) is 9.57. The van der Waals surface area contributed by atoms with Gasteiger partial charge >= 0.3 is 0 Å². The Morgan fingerprint density at radius 2 is 2.16 bits per heavy atom. The first-order chi connectivity index (χ1) is 15.0. The number of nitrogens with zero attached hydrogens (tertiary/aromatic N) is 3. The molecule has 3 heterocycles. The first kappa shape index (κ1) is 21.5. The van der Waals surface area contributed by atoms with Crippen molar-refractivity contribution < 1.29 is 13.9 Å². The highest BCUT2D eigenvalue weighted by atomic mass is 35.5. The summed E-state index contributed by atoms with van der Waals surface area (Å²) < 4.78 is 19.3. The zero-order valence-electron chi connectivity index (χ0n) is 17.1. The first-order valence-corrected chi connectivity index (χ1v) is 10.6. The third-order valence-corrected chi connectivity index (χ3v) is 5.75. The van der Waals surface area contributed by atoms with Crippen LogP contribution in [0.2, 0.25) is 5.02 Å². The highest BCUT2D eigenvalue weighted by Crippen LogP contribution is 2.29. The number of anilines is 1. The monoisotopic (exact) mass is 446 g/mol. The molecule has 1 aliphatic carbocycles. The number of ether oxygens (including phenoxy) is 1. The SMILES string of the molecule is COCC(=O)NC1CCCC[C@H]1CNc1nc(-c2c[nH]c3ncc(Cl)cc23)ncc1F. The van der Waals surface area contributed by atoms with Gasteiger partial charge in [-0.3, -0.25) is 4.79 Å². The molecule has 164 valence electrons. The van der Waals surface area contributed by atoms with Gasteiger partial charge in [0.25, 0.3) is 0 Å².